The Morgan fingerprint density at radius 1 is 1.29 bits per heavy atom. The monoisotopic (exact) mass is 330 g/mol. The summed E-state index contributed by atoms with van der Waals surface area (Å²) in [6.07, 6.45) is 1.71. The van der Waals surface area contributed by atoms with Crippen molar-refractivity contribution in [3.8, 4) is 23.0 Å². The highest BCUT2D eigenvalue weighted by Gasteiger charge is 2.25. The predicted octanol–water partition coefficient (Wildman–Crippen LogP) is 1.53. The minimum Gasteiger partial charge on any atom is -0.508 e. The summed E-state index contributed by atoms with van der Waals surface area (Å²) in [6.45, 7) is 0. The Morgan fingerprint density at radius 2 is 2.08 bits per heavy atom. The molecule has 0 aliphatic rings. The minimum absolute atomic E-state index is 0.122. The molecule has 0 saturated carbocycles. The van der Waals surface area contributed by atoms with Gasteiger partial charge < -0.3 is 19.8 Å². The van der Waals surface area contributed by atoms with Crippen molar-refractivity contribution in [3.05, 3.63) is 58.2 Å². The van der Waals surface area contributed by atoms with Gasteiger partial charge in [0.1, 0.15) is 11.9 Å². The topological polar surface area (TPSA) is 156 Å². The molecule has 0 aliphatic carbocycles. The highest BCUT2D eigenvalue weighted by Crippen LogP contribution is 2.39. The van der Waals surface area contributed by atoms with Crippen LogP contribution in [0.4, 0.5) is 5.69 Å². The van der Waals surface area contributed by atoms with Crippen LogP contribution in [0.15, 0.2) is 41.2 Å². The Kier molecular flexibility index (Phi) is 3.80. The first-order valence-electron chi connectivity index (χ1n) is 6.59. The highest BCUT2D eigenvalue weighted by atomic mass is 16.6. The summed E-state index contributed by atoms with van der Waals surface area (Å²) >= 11 is 0. The number of hydrogen-bond donors (Lipinski definition) is 3. The Morgan fingerprint density at radius 3 is 2.75 bits per heavy atom. The van der Waals surface area contributed by atoms with Gasteiger partial charge in [-0.3, -0.25) is 15.1 Å². The number of nitrogens with zero attached hydrogens (tertiary/aromatic N) is 4. The van der Waals surface area contributed by atoms with Crippen molar-refractivity contribution >= 4 is 5.69 Å². The Hall–Kier alpha value is -3.53. The molecule has 122 valence electrons. The molecule has 3 N–H and O–H groups in total. The van der Waals surface area contributed by atoms with Crippen LogP contribution in [-0.4, -0.2) is 35.4 Å². The molecule has 0 bridgehead atoms. The van der Waals surface area contributed by atoms with E-state index < -0.39 is 28.2 Å². The number of benzene rings is 1. The van der Waals surface area contributed by atoms with Crippen molar-refractivity contribution in [2.24, 2.45) is 0 Å². The molecule has 2 aromatic heterocycles. The summed E-state index contributed by atoms with van der Waals surface area (Å²) in [5, 5.41) is 44.1. The quantitative estimate of drug-likeness (QED) is 0.366. The van der Waals surface area contributed by atoms with Crippen LogP contribution in [0.5, 0.6) is 11.5 Å². The van der Waals surface area contributed by atoms with E-state index in [0.29, 0.717) is 5.56 Å². The van der Waals surface area contributed by atoms with E-state index in [2.05, 4.69) is 15.1 Å². The standard InChI is InChI=1S/C14H10N4O6/c19-8-4-9(12(21)10(5-8)18(22)23)14-16-13(17-24-14)11(20)7-2-1-3-15-6-7/h1-6,11,19-21H. The van der Waals surface area contributed by atoms with Gasteiger partial charge in [-0.2, -0.15) is 4.98 Å². The number of nitro benzene ring substituents is 1. The number of aromatic hydroxyl groups is 2. The zero-order valence-electron chi connectivity index (χ0n) is 11.9. The lowest BCUT2D eigenvalue weighted by Gasteiger charge is -2.04. The van der Waals surface area contributed by atoms with Crippen LogP contribution >= 0.6 is 0 Å². The SMILES string of the molecule is O=[N+]([O-])c1cc(O)cc(-c2nc(C(O)c3cccnc3)no2)c1O. The third-order valence-corrected chi connectivity index (χ3v) is 3.19. The van der Waals surface area contributed by atoms with Crippen molar-refractivity contribution in [3.63, 3.8) is 0 Å². The van der Waals surface area contributed by atoms with Gasteiger partial charge in [-0.25, -0.2) is 0 Å². The van der Waals surface area contributed by atoms with E-state index in [1.807, 2.05) is 0 Å². The van der Waals surface area contributed by atoms with E-state index in [1.165, 1.54) is 12.4 Å². The molecule has 1 unspecified atom stereocenters. The normalized spacial score (nSPS) is 12.0. The second-order valence-corrected chi connectivity index (χ2v) is 4.76. The van der Waals surface area contributed by atoms with E-state index in [9.17, 15) is 25.4 Å². The minimum atomic E-state index is -1.23. The van der Waals surface area contributed by atoms with Gasteiger partial charge >= 0.3 is 5.69 Å². The first-order valence-corrected chi connectivity index (χ1v) is 6.59. The average molecular weight is 330 g/mol. The van der Waals surface area contributed by atoms with Gasteiger partial charge in [0.05, 0.1) is 16.6 Å². The first kappa shape index (κ1) is 15.4. The Labute approximate surface area is 133 Å². The summed E-state index contributed by atoms with van der Waals surface area (Å²) in [6, 6.07) is 5.05. The van der Waals surface area contributed by atoms with Gasteiger partial charge in [0.25, 0.3) is 5.89 Å². The maximum atomic E-state index is 10.9. The fourth-order valence-electron chi connectivity index (χ4n) is 2.05. The van der Waals surface area contributed by atoms with Gasteiger partial charge in [-0.15, -0.1) is 0 Å². The van der Waals surface area contributed by atoms with E-state index in [-0.39, 0.29) is 17.3 Å². The molecule has 24 heavy (non-hydrogen) atoms. The molecule has 10 nitrogen and oxygen atoms in total. The van der Waals surface area contributed by atoms with Gasteiger partial charge in [0.2, 0.25) is 11.6 Å². The lowest BCUT2D eigenvalue weighted by atomic mass is 10.1. The number of rotatable bonds is 4. The van der Waals surface area contributed by atoms with Gasteiger partial charge in [0, 0.05) is 18.0 Å². The van der Waals surface area contributed by atoms with Crippen molar-refractivity contribution in [2.45, 2.75) is 6.10 Å². The number of phenolic OH excluding ortho intramolecular Hbond substituents is 2. The zero-order chi connectivity index (χ0) is 17.3. The summed E-state index contributed by atoms with van der Waals surface area (Å²) in [7, 11) is 0. The highest BCUT2D eigenvalue weighted by molar-refractivity contribution is 5.71. The molecule has 0 saturated heterocycles. The largest absolute Gasteiger partial charge is 0.508 e. The summed E-state index contributed by atoms with van der Waals surface area (Å²) in [5.41, 5.74) is -0.521. The van der Waals surface area contributed by atoms with Gasteiger partial charge in [-0.1, -0.05) is 11.2 Å². The van der Waals surface area contributed by atoms with Crippen molar-refractivity contribution in [2.75, 3.05) is 0 Å². The summed E-state index contributed by atoms with van der Waals surface area (Å²) in [5.74, 6) is -1.60. The lowest BCUT2D eigenvalue weighted by Crippen LogP contribution is -2.02. The molecule has 1 aromatic carbocycles. The number of aliphatic hydroxyl groups is 1. The van der Waals surface area contributed by atoms with Crippen LogP contribution in [0.3, 0.4) is 0 Å². The number of pyridine rings is 1. The second-order valence-electron chi connectivity index (χ2n) is 4.76. The molecule has 2 heterocycles. The Balaban J connectivity index is 2.01. The van der Waals surface area contributed by atoms with Crippen LogP contribution in [0, 0.1) is 10.1 Å². The smallest absolute Gasteiger partial charge is 0.315 e. The number of phenols is 2. The maximum absolute atomic E-state index is 10.9. The summed E-state index contributed by atoms with van der Waals surface area (Å²) in [4.78, 5) is 17.8. The number of aliphatic hydroxyl groups excluding tert-OH is 1. The lowest BCUT2D eigenvalue weighted by molar-refractivity contribution is -0.385. The maximum Gasteiger partial charge on any atom is 0.315 e. The van der Waals surface area contributed by atoms with Gasteiger partial charge in [0.15, 0.2) is 0 Å². The van der Waals surface area contributed by atoms with Crippen molar-refractivity contribution in [1.82, 2.24) is 15.1 Å². The van der Waals surface area contributed by atoms with Crippen LogP contribution in [0.2, 0.25) is 0 Å². The van der Waals surface area contributed by atoms with Crippen LogP contribution in [-0.2, 0) is 0 Å². The van der Waals surface area contributed by atoms with Crippen LogP contribution < -0.4 is 0 Å². The molecule has 0 spiro atoms. The summed E-state index contributed by atoms with van der Waals surface area (Å²) < 4.78 is 4.93. The van der Waals surface area contributed by atoms with E-state index in [1.54, 1.807) is 12.1 Å². The Bertz CT molecular complexity index is 896. The predicted molar refractivity (Wildman–Crippen MR) is 78.0 cm³/mol. The molecule has 0 radical (unpaired) electrons. The van der Waals surface area contributed by atoms with Crippen molar-refractivity contribution < 1.29 is 24.8 Å². The molecule has 3 rings (SSSR count). The molecule has 10 heteroatoms. The fraction of sp³-hybridized carbons (Fsp3) is 0.0714. The van der Waals surface area contributed by atoms with E-state index in [4.69, 9.17) is 4.52 Å². The molecular weight excluding hydrogens is 320 g/mol. The molecule has 1 atom stereocenters. The van der Waals surface area contributed by atoms with Crippen LogP contribution in [0.25, 0.3) is 11.5 Å². The number of nitro groups is 1. The fourth-order valence-corrected chi connectivity index (χ4v) is 2.05. The number of aromatic nitrogens is 3. The molecular formula is C14H10N4O6. The van der Waals surface area contributed by atoms with E-state index in [0.717, 1.165) is 12.1 Å². The second kappa shape index (κ2) is 5.93. The molecule has 0 fully saturated rings. The molecule has 0 aliphatic heterocycles. The third kappa shape index (κ3) is 2.73. The van der Waals surface area contributed by atoms with Gasteiger partial charge in [-0.05, 0) is 12.1 Å². The number of hydrogen-bond acceptors (Lipinski definition) is 9. The molecule has 3 aromatic rings. The van der Waals surface area contributed by atoms with E-state index >= 15 is 0 Å². The first-order chi connectivity index (χ1) is 11.5. The van der Waals surface area contributed by atoms with Crippen molar-refractivity contribution in [1.29, 1.82) is 0 Å². The molecule has 0 amide bonds. The van der Waals surface area contributed by atoms with Crippen LogP contribution in [0.1, 0.15) is 17.5 Å². The zero-order valence-corrected chi connectivity index (χ0v) is 11.9. The third-order valence-electron chi connectivity index (χ3n) is 3.19. The average Bonchev–Trinajstić information content (AvgIpc) is 3.06.